The maximum absolute atomic E-state index is 10.4. The Labute approximate surface area is 107 Å². The van der Waals surface area contributed by atoms with Gasteiger partial charge in [-0.15, -0.1) is 0 Å². The van der Waals surface area contributed by atoms with Crippen LogP contribution in [0, 0.1) is 0 Å². The van der Waals surface area contributed by atoms with Crippen molar-refractivity contribution < 1.29 is 14.3 Å². The molecule has 0 saturated carbocycles. The zero-order chi connectivity index (χ0) is 13.2. The molecule has 1 amide bonds. The predicted molar refractivity (Wildman–Crippen MR) is 68.9 cm³/mol. The SMILES string of the molecule is COCc1cccc(CNCCOCC(N)=O)c1. The summed E-state index contributed by atoms with van der Waals surface area (Å²) in [5.41, 5.74) is 7.30. The Morgan fingerprint density at radius 1 is 1.39 bits per heavy atom. The number of carbonyl (C=O) groups is 1. The first kappa shape index (κ1) is 14.6. The van der Waals surface area contributed by atoms with Crippen LogP contribution in [0.3, 0.4) is 0 Å². The maximum atomic E-state index is 10.4. The van der Waals surface area contributed by atoms with E-state index in [0.717, 1.165) is 12.1 Å². The average Bonchev–Trinajstić information content (AvgIpc) is 2.34. The third-order valence-corrected chi connectivity index (χ3v) is 2.30. The predicted octanol–water partition coefficient (Wildman–Crippen LogP) is 0.425. The van der Waals surface area contributed by atoms with Gasteiger partial charge in [0, 0.05) is 20.2 Å². The highest BCUT2D eigenvalue weighted by molar-refractivity contribution is 5.74. The molecule has 1 aromatic carbocycles. The second-order valence-electron chi connectivity index (χ2n) is 3.95. The molecule has 0 unspecified atom stereocenters. The highest BCUT2D eigenvalue weighted by atomic mass is 16.5. The Kier molecular flexibility index (Phi) is 7.01. The van der Waals surface area contributed by atoms with Crippen LogP contribution >= 0.6 is 0 Å². The second kappa shape index (κ2) is 8.63. The summed E-state index contributed by atoms with van der Waals surface area (Å²) in [4.78, 5) is 10.4. The van der Waals surface area contributed by atoms with E-state index in [4.69, 9.17) is 15.2 Å². The lowest BCUT2D eigenvalue weighted by molar-refractivity contribution is -0.122. The largest absolute Gasteiger partial charge is 0.380 e. The number of methoxy groups -OCH3 is 1. The molecule has 5 heteroatoms. The van der Waals surface area contributed by atoms with Crippen LogP contribution in [0.25, 0.3) is 0 Å². The van der Waals surface area contributed by atoms with Gasteiger partial charge in [-0.1, -0.05) is 24.3 Å². The Bertz CT molecular complexity index is 369. The van der Waals surface area contributed by atoms with Gasteiger partial charge >= 0.3 is 0 Å². The van der Waals surface area contributed by atoms with E-state index < -0.39 is 5.91 Å². The summed E-state index contributed by atoms with van der Waals surface area (Å²) >= 11 is 0. The molecule has 1 rings (SSSR count). The lowest BCUT2D eigenvalue weighted by Crippen LogP contribution is -2.23. The normalized spacial score (nSPS) is 10.5. The molecule has 0 aliphatic rings. The molecule has 0 aliphatic carbocycles. The van der Waals surface area contributed by atoms with E-state index in [1.807, 2.05) is 12.1 Å². The minimum atomic E-state index is -0.442. The number of amides is 1. The lowest BCUT2D eigenvalue weighted by atomic mass is 10.1. The van der Waals surface area contributed by atoms with Gasteiger partial charge in [-0.2, -0.15) is 0 Å². The van der Waals surface area contributed by atoms with Crippen LogP contribution in [0.15, 0.2) is 24.3 Å². The highest BCUT2D eigenvalue weighted by Crippen LogP contribution is 2.05. The molecule has 3 N–H and O–H groups in total. The fraction of sp³-hybridized carbons (Fsp3) is 0.462. The summed E-state index contributed by atoms with van der Waals surface area (Å²) in [6, 6.07) is 8.19. The third-order valence-electron chi connectivity index (χ3n) is 2.30. The molecule has 0 heterocycles. The number of rotatable bonds is 9. The Hall–Kier alpha value is -1.43. The molecule has 0 aliphatic heterocycles. The summed E-state index contributed by atoms with van der Waals surface area (Å²) in [5, 5.41) is 3.23. The summed E-state index contributed by atoms with van der Waals surface area (Å²) in [6.45, 7) is 2.51. The topological polar surface area (TPSA) is 73.6 Å². The summed E-state index contributed by atoms with van der Waals surface area (Å²) in [7, 11) is 1.68. The lowest BCUT2D eigenvalue weighted by Gasteiger charge is -2.07. The van der Waals surface area contributed by atoms with Crippen molar-refractivity contribution in [2.45, 2.75) is 13.2 Å². The molecule has 0 bridgehead atoms. The van der Waals surface area contributed by atoms with Crippen LogP contribution in [0.1, 0.15) is 11.1 Å². The van der Waals surface area contributed by atoms with Crippen LogP contribution in [0.5, 0.6) is 0 Å². The molecule has 0 fully saturated rings. The zero-order valence-corrected chi connectivity index (χ0v) is 10.6. The van der Waals surface area contributed by atoms with Crippen molar-refractivity contribution in [1.82, 2.24) is 5.32 Å². The van der Waals surface area contributed by atoms with Crippen molar-refractivity contribution in [2.75, 3.05) is 26.9 Å². The molecular weight excluding hydrogens is 232 g/mol. The second-order valence-corrected chi connectivity index (χ2v) is 3.95. The highest BCUT2D eigenvalue weighted by Gasteiger charge is 1.97. The third kappa shape index (κ3) is 6.34. The summed E-state index contributed by atoms with van der Waals surface area (Å²) in [5.74, 6) is -0.442. The quantitative estimate of drug-likeness (QED) is 0.625. The van der Waals surface area contributed by atoms with Gasteiger partial charge in [0.1, 0.15) is 6.61 Å². The van der Waals surface area contributed by atoms with Gasteiger partial charge in [0.15, 0.2) is 0 Å². The van der Waals surface area contributed by atoms with Crippen molar-refractivity contribution in [3.63, 3.8) is 0 Å². The fourth-order valence-corrected chi connectivity index (χ4v) is 1.55. The molecule has 0 atom stereocenters. The van der Waals surface area contributed by atoms with Gasteiger partial charge in [0.05, 0.1) is 13.2 Å². The van der Waals surface area contributed by atoms with E-state index in [-0.39, 0.29) is 6.61 Å². The molecule has 18 heavy (non-hydrogen) atoms. The van der Waals surface area contributed by atoms with Crippen LogP contribution in [-0.4, -0.2) is 32.8 Å². The molecule has 100 valence electrons. The van der Waals surface area contributed by atoms with E-state index in [9.17, 15) is 4.79 Å². The summed E-state index contributed by atoms with van der Waals surface area (Å²) in [6.07, 6.45) is 0. The first-order valence-corrected chi connectivity index (χ1v) is 5.86. The molecule has 1 aromatic rings. The summed E-state index contributed by atoms with van der Waals surface area (Å²) < 4.78 is 10.1. The molecule has 0 spiro atoms. The number of primary amides is 1. The van der Waals surface area contributed by atoms with Crippen molar-refractivity contribution in [2.24, 2.45) is 5.73 Å². The molecular formula is C13H20N2O3. The first-order chi connectivity index (χ1) is 8.72. The van der Waals surface area contributed by atoms with Gasteiger partial charge in [0.25, 0.3) is 0 Å². The zero-order valence-electron chi connectivity index (χ0n) is 10.6. The van der Waals surface area contributed by atoms with Crippen LogP contribution in [0.2, 0.25) is 0 Å². The van der Waals surface area contributed by atoms with Crippen LogP contribution in [-0.2, 0) is 27.4 Å². The van der Waals surface area contributed by atoms with E-state index in [0.29, 0.717) is 19.8 Å². The maximum Gasteiger partial charge on any atom is 0.243 e. The van der Waals surface area contributed by atoms with E-state index in [1.165, 1.54) is 5.56 Å². The number of benzene rings is 1. The molecule has 0 radical (unpaired) electrons. The standard InChI is InChI=1S/C13H20N2O3/c1-17-9-12-4-2-3-11(7-12)8-15-5-6-18-10-13(14)16/h2-4,7,15H,5-6,8-10H2,1H3,(H2,14,16). The molecule has 0 saturated heterocycles. The fourth-order valence-electron chi connectivity index (χ4n) is 1.55. The van der Waals surface area contributed by atoms with Crippen molar-refractivity contribution in [3.05, 3.63) is 35.4 Å². The number of nitrogens with one attached hydrogen (secondary N) is 1. The van der Waals surface area contributed by atoms with Gasteiger partial charge in [0.2, 0.25) is 5.91 Å². The number of nitrogens with two attached hydrogens (primary N) is 1. The smallest absolute Gasteiger partial charge is 0.243 e. The Morgan fingerprint density at radius 3 is 2.89 bits per heavy atom. The Balaban J connectivity index is 2.18. The van der Waals surface area contributed by atoms with Crippen molar-refractivity contribution >= 4 is 5.91 Å². The van der Waals surface area contributed by atoms with Gasteiger partial charge in [-0.05, 0) is 11.1 Å². The van der Waals surface area contributed by atoms with E-state index >= 15 is 0 Å². The van der Waals surface area contributed by atoms with E-state index in [2.05, 4.69) is 17.4 Å². The minimum absolute atomic E-state index is 0.0228. The van der Waals surface area contributed by atoms with Crippen molar-refractivity contribution in [3.8, 4) is 0 Å². The van der Waals surface area contributed by atoms with Gasteiger partial charge in [-0.25, -0.2) is 0 Å². The number of hydrogen-bond donors (Lipinski definition) is 2. The first-order valence-electron chi connectivity index (χ1n) is 5.86. The van der Waals surface area contributed by atoms with Gasteiger partial charge < -0.3 is 20.5 Å². The minimum Gasteiger partial charge on any atom is -0.380 e. The average molecular weight is 252 g/mol. The number of ether oxygens (including phenoxy) is 2. The van der Waals surface area contributed by atoms with Gasteiger partial charge in [-0.3, -0.25) is 4.79 Å². The van der Waals surface area contributed by atoms with Crippen molar-refractivity contribution in [1.29, 1.82) is 0 Å². The van der Waals surface area contributed by atoms with Crippen LogP contribution in [0.4, 0.5) is 0 Å². The van der Waals surface area contributed by atoms with Crippen LogP contribution < -0.4 is 11.1 Å². The Morgan fingerprint density at radius 2 is 2.17 bits per heavy atom. The van der Waals surface area contributed by atoms with E-state index in [1.54, 1.807) is 7.11 Å². The molecule has 5 nitrogen and oxygen atoms in total. The molecule has 0 aromatic heterocycles. The monoisotopic (exact) mass is 252 g/mol. The number of hydrogen-bond acceptors (Lipinski definition) is 4. The number of carbonyl (C=O) groups excluding carboxylic acids is 1.